The minimum atomic E-state index is -2.33. The van der Waals surface area contributed by atoms with Gasteiger partial charge in [0.05, 0.1) is 26.8 Å². The van der Waals surface area contributed by atoms with E-state index in [9.17, 15) is 4.79 Å². The third-order valence-electron chi connectivity index (χ3n) is 7.79. The first-order valence-corrected chi connectivity index (χ1v) is 20.0. The molecule has 38 heavy (non-hydrogen) atoms. The van der Waals surface area contributed by atoms with Crippen LogP contribution in [0, 0.1) is 0 Å². The molecule has 7 heteroatoms. The van der Waals surface area contributed by atoms with Crippen molar-refractivity contribution in [3.63, 3.8) is 0 Å². The molecule has 1 aliphatic heterocycles. The van der Waals surface area contributed by atoms with E-state index in [-0.39, 0.29) is 18.2 Å². The second kappa shape index (κ2) is 12.0. The van der Waals surface area contributed by atoms with Gasteiger partial charge in [-0.15, -0.1) is 0 Å². The smallest absolute Gasteiger partial charge is 0.413 e. The molecule has 0 radical (unpaired) electrons. The fourth-order valence-corrected chi connectivity index (χ4v) is 13.5. The largest absolute Gasteiger partial charge is 0.444 e. The molecule has 1 fully saturated rings. The van der Waals surface area contributed by atoms with E-state index < -0.39 is 27.7 Å². The number of rotatable bonds is 9. The van der Waals surface area contributed by atoms with Gasteiger partial charge >= 0.3 is 6.09 Å². The lowest BCUT2D eigenvalue weighted by molar-refractivity contribution is -0.0658. The molecule has 2 atom stereocenters. The molecule has 216 valence electrons. The predicted molar refractivity (Wildman–Crippen MR) is 166 cm³/mol. The fourth-order valence-electron chi connectivity index (χ4n) is 6.15. The third kappa shape index (κ3) is 7.40. The summed E-state index contributed by atoms with van der Waals surface area (Å²) in [5, 5.41) is 1.31. The van der Waals surface area contributed by atoms with Crippen molar-refractivity contribution in [2.75, 3.05) is 6.61 Å². The lowest BCUT2D eigenvalue weighted by Gasteiger charge is -2.49. The summed E-state index contributed by atoms with van der Waals surface area (Å²) < 4.78 is 19.9. The van der Waals surface area contributed by atoms with Gasteiger partial charge in [0.2, 0.25) is 8.32 Å². The van der Waals surface area contributed by atoms with Crippen LogP contribution >= 0.6 is 0 Å². The third-order valence-corrected chi connectivity index (χ3v) is 16.0. The Labute approximate surface area is 235 Å². The van der Waals surface area contributed by atoms with Crippen molar-refractivity contribution in [3.05, 3.63) is 41.1 Å². The van der Waals surface area contributed by atoms with Crippen LogP contribution in [0.2, 0.25) is 36.3 Å². The summed E-state index contributed by atoms with van der Waals surface area (Å²) in [6, 6.07) is 10.2. The molecule has 1 saturated heterocycles. The molecule has 0 N–H and O–H groups in total. The maximum absolute atomic E-state index is 13.8. The summed E-state index contributed by atoms with van der Waals surface area (Å²) in [5.41, 5.74) is 0.986. The van der Waals surface area contributed by atoms with E-state index in [0.717, 1.165) is 5.56 Å². The van der Waals surface area contributed by atoms with E-state index in [1.54, 1.807) is 0 Å². The highest BCUT2D eigenvalue weighted by Crippen LogP contribution is 2.46. The highest BCUT2D eigenvalue weighted by Gasteiger charge is 2.55. The van der Waals surface area contributed by atoms with Crippen LogP contribution in [0.15, 0.2) is 35.5 Å². The summed E-state index contributed by atoms with van der Waals surface area (Å²) in [6.07, 6.45) is 1.70. The standard InChI is InChI=1S/C31H55NO4Si2/c1-22(2)38(23(3)4,24(5)6)36-28(27(37(12,13)14)20-25-18-16-15-17-19-25)26-21-34-31(10,11)32(26)29(33)35-30(7,8)9/h15-20,22-24,26,28H,21H2,1-14H3/b27-20+/t26-,28-/m0/s1. The monoisotopic (exact) mass is 561 g/mol. The van der Waals surface area contributed by atoms with Crippen LogP contribution < -0.4 is 0 Å². The van der Waals surface area contributed by atoms with Crippen molar-refractivity contribution in [1.82, 2.24) is 4.90 Å². The van der Waals surface area contributed by atoms with Gasteiger partial charge in [0, 0.05) is 0 Å². The van der Waals surface area contributed by atoms with Crippen LogP contribution in [0.5, 0.6) is 0 Å². The minimum absolute atomic E-state index is 0.282. The first-order valence-electron chi connectivity index (χ1n) is 14.3. The van der Waals surface area contributed by atoms with Crippen LogP contribution in [0.1, 0.15) is 81.7 Å². The van der Waals surface area contributed by atoms with Gasteiger partial charge in [-0.25, -0.2) is 4.79 Å². The lowest BCUT2D eigenvalue weighted by Crippen LogP contribution is -2.60. The predicted octanol–water partition coefficient (Wildman–Crippen LogP) is 8.88. The van der Waals surface area contributed by atoms with Gasteiger partial charge in [-0.2, -0.15) is 0 Å². The molecule has 2 rings (SSSR count). The Morgan fingerprint density at radius 1 is 1.00 bits per heavy atom. The molecule has 0 aromatic heterocycles. The van der Waals surface area contributed by atoms with Crippen LogP contribution in [0.3, 0.4) is 0 Å². The molecular weight excluding hydrogens is 507 g/mol. The summed E-state index contributed by atoms with van der Waals surface area (Å²) in [4.78, 5) is 15.6. The van der Waals surface area contributed by atoms with Crippen LogP contribution in [-0.2, 0) is 13.9 Å². The van der Waals surface area contributed by atoms with Crippen molar-refractivity contribution in [2.45, 2.75) is 136 Å². The zero-order valence-electron chi connectivity index (χ0n) is 26.6. The van der Waals surface area contributed by atoms with Crippen LogP contribution in [-0.4, -0.2) is 57.5 Å². The molecule has 0 spiro atoms. The number of benzene rings is 1. The first-order chi connectivity index (χ1) is 17.2. The Kier molecular flexibility index (Phi) is 10.3. The zero-order valence-corrected chi connectivity index (χ0v) is 28.6. The van der Waals surface area contributed by atoms with E-state index in [1.807, 2.05) is 45.6 Å². The van der Waals surface area contributed by atoms with Crippen molar-refractivity contribution in [2.24, 2.45) is 0 Å². The highest BCUT2D eigenvalue weighted by molar-refractivity contribution is 6.84. The Morgan fingerprint density at radius 2 is 1.50 bits per heavy atom. The van der Waals surface area contributed by atoms with E-state index in [1.165, 1.54) is 5.20 Å². The van der Waals surface area contributed by atoms with Crippen molar-refractivity contribution in [3.8, 4) is 0 Å². The average molecular weight is 562 g/mol. The van der Waals surface area contributed by atoms with Gasteiger partial charge in [0.15, 0.2) is 0 Å². The molecule has 0 unspecified atom stereocenters. The Hall–Kier alpha value is -1.42. The Balaban J connectivity index is 2.83. The number of amides is 1. The van der Waals surface area contributed by atoms with E-state index in [4.69, 9.17) is 13.9 Å². The number of carbonyl (C=O) groups is 1. The maximum atomic E-state index is 13.8. The number of carbonyl (C=O) groups excluding carboxylic acids is 1. The van der Waals surface area contributed by atoms with Gasteiger partial charge in [0.1, 0.15) is 11.3 Å². The molecule has 1 amide bonds. The van der Waals surface area contributed by atoms with Crippen LogP contribution in [0.4, 0.5) is 4.79 Å². The molecule has 0 bridgehead atoms. The van der Waals surface area contributed by atoms with Crippen molar-refractivity contribution >= 4 is 28.6 Å². The van der Waals surface area contributed by atoms with Gasteiger partial charge in [-0.1, -0.05) is 103 Å². The van der Waals surface area contributed by atoms with Gasteiger partial charge in [-0.3, -0.25) is 4.90 Å². The second-order valence-corrected chi connectivity index (χ2v) is 24.8. The van der Waals surface area contributed by atoms with Crippen LogP contribution in [0.25, 0.3) is 6.08 Å². The molecule has 1 aromatic rings. The second-order valence-electron chi connectivity index (χ2n) is 14.3. The molecular formula is C31H55NO4Si2. The normalized spacial score (nSPS) is 20.0. The maximum Gasteiger partial charge on any atom is 0.413 e. The Morgan fingerprint density at radius 3 is 1.92 bits per heavy atom. The van der Waals surface area contributed by atoms with Gasteiger partial charge < -0.3 is 13.9 Å². The minimum Gasteiger partial charge on any atom is -0.444 e. The summed E-state index contributed by atoms with van der Waals surface area (Å²) in [5.74, 6) is 0. The van der Waals surface area contributed by atoms with Crippen molar-refractivity contribution < 1.29 is 18.7 Å². The Bertz CT molecular complexity index is 937. The molecule has 5 nitrogen and oxygen atoms in total. The van der Waals surface area contributed by atoms with E-state index in [0.29, 0.717) is 23.2 Å². The number of nitrogens with zero attached hydrogens (tertiary/aromatic N) is 1. The van der Waals surface area contributed by atoms with Crippen molar-refractivity contribution in [1.29, 1.82) is 0 Å². The molecule has 1 aromatic carbocycles. The number of ether oxygens (including phenoxy) is 2. The zero-order chi connectivity index (χ0) is 29.3. The van der Waals surface area contributed by atoms with Gasteiger partial charge in [-0.05, 0) is 56.8 Å². The summed E-state index contributed by atoms with van der Waals surface area (Å²) in [7, 11) is -4.27. The topological polar surface area (TPSA) is 48.0 Å². The van der Waals surface area contributed by atoms with Gasteiger partial charge in [0.25, 0.3) is 0 Å². The number of hydrogen-bond donors (Lipinski definition) is 0. The van der Waals surface area contributed by atoms with E-state index >= 15 is 0 Å². The quantitative estimate of drug-likeness (QED) is 0.282. The lowest BCUT2D eigenvalue weighted by atomic mass is 10.1. The number of hydrogen-bond acceptors (Lipinski definition) is 4. The molecule has 0 aliphatic carbocycles. The average Bonchev–Trinajstić information content (AvgIpc) is 3.06. The highest BCUT2D eigenvalue weighted by atomic mass is 28.4. The van der Waals surface area contributed by atoms with E-state index in [2.05, 4.69) is 91.5 Å². The molecule has 1 heterocycles. The SMILES string of the molecule is CC(C)[Si](O[C@H](/C(=C\c1ccccc1)[Si](C)(C)C)[C@@H]1COC(C)(C)N1C(=O)OC(C)(C)C)(C(C)C)C(C)C. The fraction of sp³-hybridized carbons (Fsp3) is 0.710. The first kappa shape index (κ1) is 32.8. The summed E-state index contributed by atoms with van der Waals surface area (Å²) >= 11 is 0. The summed E-state index contributed by atoms with van der Waals surface area (Å²) in [6.45, 7) is 31.1. The molecule has 1 aliphatic rings. The molecule has 0 saturated carbocycles.